The molecular weight excluding hydrogens is 305 g/mol. The van der Waals surface area contributed by atoms with Crippen LogP contribution in [0.15, 0.2) is 36.4 Å². The minimum Gasteiger partial charge on any atom is -0.487 e. The van der Waals surface area contributed by atoms with Gasteiger partial charge in [0.25, 0.3) is 0 Å². The van der Waals surface area contributed by atoms with Gasteiger partial charge in [0.2, 0.25) is 0 Å². The van der Waals surface area contributed by atoms with Crippen LogP contribution in [0.25, 0.3) is 0 Å². The van der Waals surface area contributed by atoms with Crippen molar-refractivity contribution in [3.63, 3.8) is 0 Å². The fraction of sp³-hybridized carbons (Fsp3) is 0.294. The molecule has 0 aromatic heterocycles. The zero-order valence-corrected chi connectivity index (χ0v) is 13.6. The van der Waals surface area contributed by atoms with Gasteiger partial charge in [0.15, 0.2) is 0 Å². The molecule has 1 aliphatic heterocycles. The first kappa shape index (κ1) is 14.6. The number of fused-ring (bicyclic) bond motifs is 1. The average molecular weight is 322 g/mol. The van der Waals surface area contributed by atoms with Crippen molar-refractivity contribution in [2.75, 3.05) is 5.32 Å². The van der Waals surface area contributed by atoms with Crippen molar-refractivity contribution in [2.45, 2.75) is 32.4 Å². The Kier molecular flexibility index (Phi) is 3.76. The first-order chi connectivity index (χ1) is 9.94. The van der Waals surface area contributed by atoms with Crippen molar-refractivity contribution in [1.82, 2.24) is 0 Å². The van der Waals surface area contributed by atoms with Crippen molar-refractivity contribution < 1.29 is 4.74 Å². The number of benzene rings is 2. The maximum Gasteiger partial charge on any atom is 0.128 e. The van der Waals surface area contributed by atoms with Crippen molar-refractivity contribution in [2.24, 2.45) is 0 Å². The number of anilines is 1. The highest BCUT2D eigenvalue weighted by Gasteiger charge is 2.31. The predicted molar refractivity (Wildman–Crippen MR) is 88.6 cm³/mol. The summed E-state index contributed by atoms with van der Waals surface area (Å²) in [6, 6.07) is 11.7. The zero-order chi connectivity index (χ0) is 15.0. The fourth-order valence-electron chi connectivity index (χ4n) is 2.64. The summed E-state index contributed by atoms with van der Waals surface area (Å²) in [4.78, 5) is 0. The predicted octanol–water partition coefficient (Wildman–Crippen LogP) is 5.32. The Morgan fingerprint density at radius 3 is 2.81 bits per heavy atom. The van der Waals surface area contributed by atoms with Crippen LogP contribution in [0.2, 0.25) is 10.0 Å². The largest absolute Gasteiger partial charge is 0.487 e. The molecule has 21 heavy (non-hydrogen) atoms. The average Bonchev–Trinajstić information content (AvgIpc) is 2.74. The van der Waals surface area contributed by atoms with Crippen LogP contribution in [-0.2, 0) is 13.0 Å². The summed E-state index contributed by atoms with van der Waals surface area (Å²) in [6.45, 7) is 4.87. The molecule has 2 nitrogen and oxygen atoms in total. The van der Waals surface area contributed by atoms with Gasteiger partial charge in [-0.3, -0.25) is 0 Å². The fourth-order valence-corrected chi connectivity index (χ4v) is 3.00. The summed E-state index contributed by atoms with van der Waals surface area (Å²) >= 11 is 12.2. The summed E-state index contributed by atoms with van der Waals surface area (Å²) in [5.74, 6) is 0.994. The molecule has 3 rings (SSSR count). The lowest BCUT2D eigenvalue weighted by atomic mass is 10.0. The highest BCUT2D eigenvalue weighted by molar-refractivity contribution is 6.35. The standard InChI is InChI=1S/C17H17Cl2NO/c1-17(2)9-11-4-3-5-12(16(11)21-17)10-20-15-8-13(18)6-7-14(15)19/h3-8,20H,9-10H2,1-2H3. The first-order valence-corrected chi connectivity index (χ1v) is 7.69. The molecule has 0 unspecified atom stereocenters. The highest BCUT2D eigenvalue weighted by atomic mass is 35.5. The summed E-state index contributed by atoms with van der Waals surface area (Å²) < 4.78 is 6.07. The number of hydrogen-bond acceptors (Lipinski definition) is 2. The van der Waals surface area contributed by atoms with E-state index in [0.29, 0.717) is 16.6 Å². The maximum absolute atomic E-state index is 6.17. The molecule has 0 fully saturated rings. The van der Waals surface area contributed by atoms with Gasteiger partial charge < -0.3 is 10.1 Å². The van der Waals surface area contributed by atoms with Gasteiger partial charge in [-0.2, -0.15) is 0 Å². The Labute approximate surface area is 135 Å². The number of halogens is 2. The van der Waals surface area contributed by atoms with E-state index in [1.165, 1.54) is 5.56 Å². The van der Waals surface area contributed by atoms with E-state index in [4.69, 9.17) is 27.9 Å². The molecular formula is C17H17Cl2NO. The second-order valence-corrected chi connectivity index (χ2v) is 6.77. The molecule has 0 saturated carbocycles. The summed E-state index contributed by atoms with van der Waals surface area (Å²) in [6.07, 6.45) is 0.939. The molecule has 0 atom stereocenters. The van der Waals surface area contributed by atoms with E-state index in [0.717, 1.165) is 23.4 Å². The second-order valence-electron chi connectivity index (χ2n) is 5.92. The minimum absolute atomic E-state index is 0.133. The van der Waals surface area contributed by atoms with Gasteiger partial charge in [-0.05, 0) is 37.6 Å². The third kappa shape index (κ3) is 3.12. The Hall–Kier alpha value is -1.38. The van der Waals surface area contributed by atoms with Crippen LogP contribution in [-0.4, -0.2) is 5.60 Å². The molecule has 1 aliphatic rings. The van der Waals surface area contributed by atoms with Crippen molar-refractivity contribution >= 4 is 28.9 Å². The normalized spacial score (nSPS) is 15.4. The second kappa shape index (κ2) is 5.43. The third-order valence-corrected chi connectivity index (χ3v) is 4.14. The van der Waals surface area contributed by atoms with Crippen LogP contribution < -0.4 is 10.1 Å². The van der Waals surface area contributed by atoms with E-state index < -0.39 is 0 Å². The highest BCUT2D eigenvalue weighted by Crippen LogP contribution is 2.38. The molecule has 1 N–H and O–H groups in total. The maximum atomic E-state index is 6.17. The van der Waals surface area contributed by atoms with E-state index in [1.54, 1.807) is 12.1 Å². The molecule has 4 heteroatoms. The van der Waals surface area contributed by atoms with Crippen molar-refractivity contribution in [3.8, 4) is 5.75 Å². The Balaban J connectivity index is 1.81. The van der Waals surface area contributed by atoms with Crippen LogP contribution in [0.1, 0.15) is 25.0 Å². The van der Waals surface area contributed by atoms with Gasteiger partial charge in [-0.1, -0.05) is 41.4 Å². The molecule has 0 aliphatic carbocycles. The van der Waals surface area contributed by atoms with Crippen LogP contribution in [0.4, 0.5) is 5.69 Å². The molecule has 2 aromatic carbocycles. The number of rotatable bonds is 3. The lowest BCUT2D eigenvalue weighted by Crippen LogP contribution is -2.25. The Morgan fingerprint density at radius 1 is 1.19 bits per heavy atom. The monoisotopic (exact) mass is 321 g/mol. The van der Waals surface area contributed by atoms with Crippen LogP contribution in [0.3, 0.4) is 0 Å². The number of para-hydroxylation sites is 1. The lowest BCUT2D eigenvalue weighted by Gasteiger charge is -2.18. The number of ether oxygens (including phenoxy) is 1. The van der Waals surface area contributed by atoms with Gasteiger partial charge in [0, 0.05) is 23.6 Å². The summed E-state index contributed by atoms with van der Waals surface area (Å²) in [5.41, 5.74) is 3.09. The minimum atomic E-state index is -0.133. The van der Waals surface area contributed by atoms with Crippen molar-refractivity contribution in [3.05, 3.63) is 57.6 Å². The molecule has 2 aromatic rings. The molecule has 0 radical (unpaired) electrons. The third-order valence-electron chi connectivity index (χ3n) is 3.57. The summed E-state index contributed by atoms with van der Waals surface area (Å²) in [5, 5.41) is 4.66. The first-order valence-electron chi connectivity index (χ1n) is 6.93. The van der Waals surface area contributed by atoms with Crippen LogP contribution in [0, 0.1) is 0 Å². The number of hydrogen-bond donors (Lipinski definition) is 1. The van der Waals surface area contributed by atoms with E-state index in [2.05, 4.69) is 37.4 Å². The molecule has 1 heterocycles. The topological polar surface area (TPSA) is 21.3 Å². The number of nitrogens with one attached hydrogen (secondary N) is 1. The molecule has 110 valence electrons. The lowest BCUT2D eigenvalue weighted by molar-refractivity contribution is 0.137. The van der Waals surface area contributed by atoms with Gasteiger partial charge in [-0.15, -0.1) is 0 Å². The van der Waals surface area contributed by atoms with E-state index in [1.807, 2.05) is 6.07 Å². The SMILES string of the molecule is CC1(C)Cc2cccc(CNc3cc(Cl)ccc3Cl)c2O1. The van der Waals surface area contributed by atoms with Crippen LogP contribution in [0.5, 0.6) is 5.75 Å². The van der Waals surface area contributed by atoms with Gasteiger partial charge >= 0.3 is 0 Å². The van der Waals surface area contributed by atoms with Crippen molar-refractivity contribution in [1.29, 1.82) is 0 Å². The van der Waals surface area contributed by atoms with E-state index >= 15 is 0 Å². The molecule has 0 amide bonds. The van der Waals surface area contributed by atoms with E-state index in [9.17, 15) is 0 Å². The van der Waals surface area contributed by atoms with Gasteiger partial charge in [-0.25, -0.2) is 0 Å². The zero-order valence-electron chi connectivity index (χ0n) is 12.0. The van der Waals surface area contributed by atoms with E-state index in [-0.39, 0.29) is 5.60 Å². The molecule has 0 saturated heterocycles. The smallest absolute Gasteiger partial charge is 0.128 e. The molecule has 0 bridgehead atoms. The van der Waals surface area contributed by atoms with Crippen LogP contribution >= 0.6 is 23.2 Å². The Bertz CT molecular complexity index is 682. The molecule has 0 spiro atoms. The van der Waals surface area contributed by atoms with Gasteiger partial charge in [0.05, 0.1) is 10.7 Å². The quantitative estimate of drug-likeness (QED) is 0.826. The van der Waals surface area contributed by atoms with Gasteiger partial charge in [0.1, 0.15) is 11.4 Å². The Morgan fingerprint density at radius 2 is 2.00 bits per heavy atom. The summed E-state index contributed by atoms with van der Waals surface area (Å²) in [7, 11) is 0.